The first kappa shape index (κ1) is 24.0. The topological polar surface area (TPSA) is 95.6 Å². The lowest BCUT2D eigenvalue weighted by Crippen LogP contribution is -2.43. The molecule has 0 radical (unpaired) electrons. The predicted molar refractivity (Wildman–Crippen MR) is 132 cm³/mol. The summed E-state index contributed by atoms with van der Waals surface area (Å²) in [5, 5.41) is 7.73. The highest BCUT2D eigenvalue weighted by molar-refractivity contribution is 14.0. The zero-order valence-corrected chi connectivity index (χ0v) is 20.4. The Kier molecular flexibility index (Phi) is 9.81. The van der Waals surface area contributed by atoms with E-state index in [0.717, 1.165) is 42.0 Å². The van der Waals surface area contributed by atoms with E-state index in [0.29, 0.717) is 19.1 Å². The summed E-state index contributed by atoms with van der Waals surface area (Å²) in [5.41, 5.74) is 6.64. The summed E-state index contributed by atoms with van der Waals surface area (Å²) in [5.74, 6) is 1.44. The number of piperidine rings is 1. The Hall–Kier alpha value is -1.23. The second-order valence-corrected chi connectivity index (χ2v) is 8.75. The lowest BCUT2D eigenvalue weighted by atomic mass is 9.97. The number of rotatable bonds is 6. The second kappa shape index (κ2) is 11.8. The van der Waals surface area contributed by atoms with Gasteiger partial charge in [-0.25, -0.2) is 4.98 Å². The van der Waals surface area contributed by atoms with Crippen LogP contribution in [0.4, 0.5) is 5.82 Å². The zero-order chi connectivity index (χ0) is 19.9. The number of nitrogens with zero attached hydrogens (tertiary/aromatic N) is 3. The normalized spacial score (nSPS) is 24.7. The average molecular weight is 532 g/mol. The standard InChI is InChI=1S/C20H32N6OS.HI/c1-22-20(25-16-7-8-17(11-16)28-2)24-12-14-5-3-9-23-19(14)26-10-4-6-15(13-26)18(21)27;/h3,5,9,15-17H,4,6-8,10-13H2,1-2H3,(H2,21,27)(H2,22,24,25);1H. The summed E-state index contributed by atoms with van der Waals surface area (Å²) in [4.78, 5) is 22.8. The van der Waals surface area contributed by atoms with Gasteiger partial charge in [-0.05, 0) is 44.4 Å². The number of guanidine groups is 1. The van der Waals surface area contributed by atoms with Crippen LogP contribution >= 0.6 is 35.7 Å². The summed E-state index contributed by atoms with van der Waals surface area (Å²) < 4.78 is 0. The number of anilines is 1. The van der Waals surface area contributed by atoms with Crippen LogP contribution in [0.2, 0.25) is 0 Å². The van der Waals surface area contributed by atoms with E-state index in [2.05, 4.69) is 37.8 Å². The van der Waals surface area contributed by atoms with E-state index in [1.165, 1.54) is 19.3 Å². The molecule has 3 unspecified atom stereocenters. The highest BCUT2D eigenvalue weighted by atomic mass is 127. The van der Waals surface area contributed by atoms with E-state index in [9.17, 15) is 4.79 Å². The minimum absolute atomic E-state index is 0. The Bertz CT molecular complexity index is 703. The first-order chi connectivity index (χ1) is 13.6. The monoisotopic (exact) mass is 532 g/mol. The second-order valence-electron chi connectivity index (χ2n) is 7.61. The molecule has 2 fully saturated rings. The van der Waals surface area contributed by atoms with Crippen LogP contribution in [0.3, 0.4) is 0 Å². The van der Waals surface area contributed by atoms with E-state index >= 15 is 0 Å². The van der Waals surface area contributed by atoms with Crippen molar-refractivity contribution in [3.63, 3.8) is 0 Å². The number of hydrogen-bond acceptors (Lipinski definition) is 5. The largest absolute Gasteiger partial charge is 0.369 e. The van der Waals surface area contributed by atoms with Crippen LogP contribution < -0.4 is 21.3 Å². The molecule has 2 aliphatic rings. The number of nitrogens with one attached hydrogen (secondary N) is 2. The van der Waals surface area contributed by atoms with Gasteiger partial charge in [-0.2, -0.15) is 11.8 Å². The quantitative estimate of drug-likeness (QED) is 0.296. The van der Waals surface area contributed by atoms with Gasteiger partial charge < -0.3 is 21.3 Å². The van der Waals surface area contributed by atoms with Gasteiger partial charge in [0, 0.05) is 49.7 Å². The van der Waals surface area contributed by atoms with Crippen molar-refractivity contribution in [2.24, 2.45) is 16.6 Å². The predicted octanol–water partition coefficient (Wildman–Crippen LogP) is 2.35. The Morgan fingerprint density at radius 3 is 2.93 bits per heavy atom. The molecular formula is C20H33IN6OS. The van der Waals surface area contributed by atoms with Crippen molar-refractivity contribution >= 4 is 53.4 Å². The molecule has 2 heterocycles. The van der Waals surface area contributed by atoms with Crippen molar-refractivity contribution < 1.29 is 4.79 Å². The zero-order valence-electron chi connectivity index (χ0n) is 17.3. The first-order valence-electron chi connectivity index (χ1n) is 10.1. The number of aromatic nitrogens is 1. The Labute approximate surface area is 195 Å². The number of pyridine rings is 1. The number of nitrogens with two attached hydrogens (primary N) is 1. The minimum Gasteiger partial charge on any atom is -0.369 e. The lowest BCUT2D eigenvalue weighted by molar-refractivity contribution is -0.122. The molecule has 162 valence electrons. The molecule has 1 saturated carbocycles. The Balaban J connectivity index is 0.00000300. The molecule has 1 aromatic rings. The fraction of sp³-hybridized carbons (Fsp3) is 0.650. The highest BCUT2D eigenvalue weighted by Gasteiger charge is 2.27. The van der Waals surface area contributed by atoms with Gasteiger partial charge in [-0.1, -0.05) is 6.07 Å². The molecular weight excluding hydrogens is 499 g/mol. The van der Waals surface area contributed by atoms with E-state index in [1.807, 2.05) is 24.9 Å². The molecule has 3 atom stereocenters. The summed E-state index contributed by atoms with van der Waals surface area (Å²) in [6.45, 7) is 2.18. The van der Waals surface area contributed by atoms with E-state index in [4.69, 9.17) is 5.73 Å². The molecule has 1 aliphatic carbocycles. The molecule has 7 nitrogen and oxygen atoms in total. The maximum atomic E-state index is 11.6. The van der Waals surface area contributed by atoms with Crippen LogP contribution in [0, 0.1) is 5.92 Å². The minimum atomic E-state index is -0.218. The van der Waals surface area contributed by atoms with Gasteiger partial charge in [0.05, 0.1) is 5.92 Å². The number of carbonyl (C=O) groups is 1. The third-order valence-corrected chi connectivity index (χ3v) is 6.81. The lowest BCUT2D eigenvalue weighted by Gasteiger charge is -2.33. The van der Waals surface area contributed by atoms with Crippen LogP contribution in [0.5, 0.6) is 0 Å². The number of thioether (sulfide) groups is 1. The summed E-state index contributed by atoms with van der Waals surface area (Å²) in [7, 11) is 1.81. The Morgan fingerprint density at radius 1 is 1.41 bits per heavy atom. The maximum Gasteiger partial charge on any atom is 0.222 e. The number of primary amides is 1. The van der Waals surface area contributed by atoms with Crippen molar-refractivity contribution in [3.8, 4) is 0 Å². The van der Waals surface area contributed by atoms with Crippen molar-refractivity contribution in [2.75, 3.05) is 31.3 Å². The molecule has 9 heteroatoms. The first-order valence-corrected chi connectivity index (χ1v) is 11.4. The summed E-state index contributed by atoms with van der Waals surface area (Å²) in [6, 6.07) is 4.51. The van der Waals surface area contributed by atoms with Crippen LogP contribution in [0.25, 0.3) is 0 Å². The molecule has 0 spiro atoms. The molecule has 1 aliphatic heterocycles. The van der Waals surface area contributed by atoms with E-state index < -0.39 is 0 Å². The fourth-order valence-corrected chi connectivity index (χ4v) is 4.90. The van der Waals surface area contributed by atoms with Gasteiger partial charge in [0.15, 0.2) is 5.96 Å². The van der Waals surface area contributed by atoms with Gasteiger partial charge in [-0.3, -0.25) is 9.79 Å². The van der Waals surface area contributed by atoms with Crippen molar-refractivity contribution in [1.29, 1.82) is 0 Å². The molecule has 1 aromatic heterocycles. The van der Waals surface area contributed by atoms with Crippen LogP contribution in [-0.4, -0.2) is 54.5 Å². The number of carbonyl (C=O) groups excluding carboxylic acids is 1. The van der Waals surface area contributed by atoms with Crippen LogP contribution in [0.1, 0.15) is 37.7 Å². The van der Waals surface area contributed by atoms with E-state index in [-0.39, 0.29) is 35.8 Å². The van der Waals surface area contributed by atoms with Gasteiger partial charge in [-0.15, -0.1) is 24.0 Å². The van der Waals surface area contributed by atoms with Crippen molar-refractivity contribution in [3.05, 3.63) is 23.9 Å². The third-order valence-electron chi connectivity index (χ3n) is 5.72. The molecule has 3 rings (SSSR count). The van der Waals surface area contributed by atoms with E-state index in [1.54, 1.807) is 6.20 Å². The number of aliphatic imine (C=N–C) groups is 1. The number of amides is 1. The maximum absolute atomic E-state index is 11.6. The van der Waals surface area contributed by atoms with Crippen molar-refractivity contribution in [1.82, 2.24) is 15.6 Å². The van der Waals surface area contributed by atoms with Gasteiger partial charge >= 0.3 is 0 Å². The molecule has 1 saturated heterocycles. The van der Waals surface area contributed by atoms with Gasteiger partial charge in [0.25, 0.3) is 0 Å². The third kappa shape index (κ3) is 6.63. The van der Waals surface area contributed by atoms with Crippen LogP contribution in [-0.2, 0) is 11.3 Å². The molecule has 1 amide bonds. The molecule has 4 N–H and O–H groups in total. The highest BCUT2D eigenvalue weighted by Crippen LogP contribution is 2.28. The van der Waals surface area contributed by atoms with Gasteiger partial charge in [0.2, 0.25) is 5.91 Å². The molecule has 0 aromatic carbocycles. The van der Waals surface area contributed by atoms with Crippen molar-refractivity contribution in [2.45, 2.75) is 49.9 Å². The fourth-order valence-electron chi connectivity index (χ4n) is 4.11. The number of halogens is 1. The Morgan fingerprint density at radius 2 is 2.24 bits per heavy atom. The summed E-state index contributed by atoms with van der Waals surface area (Å²) in [6.07, 6.45) is 9.45. The molecule has 0 bridgehead atoms. The van der Waals surface area contributed by atoms with Gasteiger partial charge in [0.1, 0.15) is 5.82 Å². The summed E-state index contributed by atoms with van der Waals surface area (Å²) >= 11 is 1.95. The average Bonchev–Trinajstić information content (AvgIpc) is 3.19. The number of hydrogen-bond donors (Lipinski definition) is 3. The smallest absolute Gasteiger partial charge is 0.222 e. The van der Waals surface area contributed by atoms with Crippen LogP contribution in [0.15, 0.2) is 23.3 Å². The molecule has 29 heavy (non-hydrogen) atoms. The SMILES string of the molecule is CN=C(NCc1cccnc1N1CCCC(C(N)=O)C1)NC1CCC(SC)C1.I.